The zero-order valence-electron chi connectivity index (χ0n) is 5.13. The average molecular weight is 155 g/mol. The fraction of sp³-hybridized carbons (Fsp3) is 0.143. The van der Waals surface area contributed by atoms with Gasteiger partial charge in [-0.05, 0) is 24.5 Å². The molecule has 0 saturated carbocycles. The van der Waals surface area contributed by atoms with Gasteiger partial charge in [0.25, 0.3) is 0 Å². The molecule has 0 aliphatic rings. The molecule has 1 radical (unpaired) electrons. The fourth-order valence-electron chi connectivity index (χ4n) is 0.601. The van der Waals surface area contributed by atoms with Gasteiger partial charge in [0.1, 0.15) is 0 Å². The van der Waals surface area contributed by atoms with Crippen LogP contribution >= 0.6 is 24.4 Å². The lowest BCUT2D eigenvalue weighted by molar-refractivity contribution is 1.34. The Morgan fingerprint density at radius 1 is 1.44 bits per heavy atom. The molecule has 0 fully saturated rings. The van der Waals surface area contributed by atoms with Gasteiger partial charge >= 0.3 is 0 Å². The molecule has 47 valence electrons. The van der Waals surface area contributed by atoms with Crippen LogP contribution in [0.2, 0.25) is 0 Å². The molecule has 0 nitrogen and oxygen atoms in total. The summed E-state index contributed by atoms with van der Waals surface area (Å²) in [4.78, 5) is 2.16. The lowest BCUT2D eigenvalue weighted by Crippen LogP contribution is -1.67. The minimum atomic E-state index is 0.918. The highest BCUT2D eigenvalue weighted by Crippen LogP contribution is 2.17. The standard InChI is InChI=1S/C7H7S2/c1-9-7-4-2-3-6(8)5-7/h2-5H,1H3. The van der Waals surface area contributed by atoms with Crippen LogP contribution in [0, 0.1) is 0 Å². The van der Waals surface area contributed by atoms with Gasteiger partial charge in [-0.25, -0.2) is 0 Å². The highest BCUT2D eigenvalue weighted by molar-refractivity contribution is 7.98. The minimum Gasteiger partial charge on any atom is -0.130 e. The second-order valence-electron chi connectivity index (χ2n) is 1.68. The molecule has 0 saturated heterocycles. The topological polar surface area (TPSA) is 0 Å². The van der Waals surface area contributed by atoms with Gasteiger partial charge in [-0.2, -0.15) is 0 Å². The van der Waals surface area contributed by atoms with Crippen molar-refractivity contribution < 1.29 is 0 Å². The van der Waals surface area contributed by atoms with Crippen molar-refractivity contribution in [2.75, 3.05) is 6.26 Å². The number of rotatable bonds is 1. The molecule has 0 N–H and O–H groups in total. The van der Waals surface area contributed by atoms with Crippen molar-refractivity contribution in [3.05, 3.63) is 24.3 Å². The molecule has 2 heteroatoms. The van der Waals surface area contributed by atoms with E-state index < -0.39 is 0 Å². The Labute approximate surface area is 65.1 Å². The van der Waals surface area contributed by atoms with E-state index in [-0.39, 0.29) is 0 Å². The van der Waals surface area contributed by atoms with Gasteiger partial charge in [0.2, 0.25) is 0 Å². The monoisotopic (exact) mass is 155 g/mol. The molecule has 1 rings (SSSR count). The van der Waals surface area contributed by atoms with Crippen LogP contribution in [0.5, 0.6) is 0 Å². The molecule has 9 heavy (non-hydrogen) atoms. The molecule has 0 heterocycles. The molecule has 0 aromatic heterocycles. The van der Waals surface area contributed by atoms with Gasteiger partial charge in [-0.3, -0.25) is 0 Å². The van der Waals surface area contributed by atoms with E-state index in [1.165, 1.54) is 4.90 Å². The predicted octanol–water partition coefficient (Wildman–Crippen LogP) is 2.96. The third-order valence-electron chi connectivity index (χ3n) is 1.04. The second-order valence-corrected chi connectivity index (χ2v) is 3.03. The van der Waals surface area contributed by atoms with E-state index in [2.05, 4.69) is 6.07 Å². The minimum absolute atomic E-state index is 0.918. The van der Waals surface area contributed by atoms with Gasteiger partial charge in [-0.15, -0.1) is 11.8 Å². The van der Waals surface area contributed by atoms with E-state index >= 15 is 0 Å². The van der Waals surface area contributed by atoms with E-state index in [1.54, 1.807) is 11.8 Å². The normalized spacial score (nSPS) is 9.44. The van der Waals surface area contributed by atoms with Crippen LogP contribution in [0.25, 0.3) is 0 Å². The third kappa shape index (κ3) is 1.88. The number of hydrogen-bond acceptors (Lipinski definition) is 1. The predicted molar refractivity (Wildman–Crippen MR) is 44.1 cm³/mol. The summed E-state index contributed by atoms with van der Waals surface area (Å²) < 4.78 is 0. The SMILES string of the molecule is CSc1cccc([S])c1. The smallest absolute Gasteiger partial charge is 0.0388 e. The Morgan fingerprint density at radius 3 is 2.67 bits per heavy atom. The summed E-state index contributed by atoms with van der Waals surface area (Å²) in [7, 11) is 0. The van der Waals surface area contributed by atoms with Crippen molar-refractivity contribution in [2.24, 2.45) is 0 Å². The van der Waals surface area contributed by atoms with E-state index in [4.69, 9.17) is 12.6 Å². The van der Waals surface area contributed by atoms with Crippen LogP contribution in [0.3, 0.4) is 0 Å². The number of benzene rings is 1. The maximum Gasteiger partial charge on any atom is 0.0388 e. The van der Waals surface area contributed by atoms with Crippen LogP contribution in [0.4, 0.5) is 0 Å². The molecule has 0 aliphatic carbocycles. The number of thioether (sulfide) groups is 1. The van der Waals surface area contributed by atoms with Gasteiger partial charge in [0.15, 0.2) is 0 Å². The van der Waals surface area contributed by atoms with Gasteiger partial charge in [-0.1, -0.05) is 18.7 Å². The summed E-state index contributed by atoms with van der Waals surface area (Å²) in [6.45, 7) is 0. The zero-order chi connectivity index (χ0) is 6.69. The van der Waals surface area contributed by atoms with Crippen LogP contribution in [-0.2, 0) is 0 Å². The first-order chi connectivity index (χ1) is 4.33. The van der Waals surface area contributed by atoms with E-state index in [0.29, 0.717) is 0 Å². The molecule has 0 spiro atoms. The average Bonchev–Trinajstić information content (AvgIpc) is 1.88. The quantitative estimate of drug-likeness (QED) is 0.562. The summed E-state index contributed by atoms with van der Waals surface area (Å²) in [6, 6.07) is 7.96. The van der Waals surface area contributed by atoms with Crippen LogP contribution < -0.4 is 0 Å². The molecule has 1 aromatic carbocycles. The molecule has 0 bridgehead atoms. The highest BCUT2D eigenvalue weighted by Gasteiger charge is 1.88. The van der Waals surface area contributed by atoms with Crippen molar-refractivity contribution in [3.63, 3.8) is 0 Å². The van der Waals surface area contributed by atoms with Crippen molar-refractivity contribution in [2.45, 2.75) is 9.79 Å². The maximum atomic E-state index is 4.95. The largest absolute Gasteiger partial charge is 0.130 e. The van der Waals surface area contributed by atoms with Crippen LogP contribution in [0.1, 0.15) is 0 Å². The van der Waals surface area contributed by atoms with Crippen molar-refractivity contribution in [3.8, 4) is 0 Å². The summed E-state index contributed by atoms with van der Waals surface area (Å²) in [5, 5.41) is 0. The second kappa shape index (κ2) is 3.08. The molecular formula is C7H7S2. The van der Waals surface area contributed by atoms with Crippen LogP contribution in [-0.4, -0.2) is 6.26 Å². The summed E-state index contributed by atoms with van der Waals surface area (Å²) in [5.41, 5.74) is 0. The number of hydrogen-bond donors (Lipinski definition) is 0. The highest BCUT2D eigenvalue weighted by atomic mass is 32.2. The third-order valence-corrected chi connectivity index (χ3v) is 2.02. The molecule has 0 atom stereocenters. The first kappa shape index (κ1) is 6.90. The molecule has 0 amide bonds. The first-order valence-corrected chi connectivity index (χ1v) is 4.27. The summed E-state index contributed by atoms with van der Waals surface area (Å²) in [6.07, 6.45) is 2.05. The lowest BCUT2D eigenvalue weighted by Gasteiger charge is -1.93. The molecule has 0 aliphatic heterocycles. The fourth-order valence-corrected chi connectivity index (χ4v) is 1.34. The van der Waals surface area contributed by atoms with E-state index in [1.807, 2.05) is 24.5 Å². The Bertz CT molecular complexity index is 196. The van der Waals surface area contributed by atoms with Crippen LogP contribution in [0.15, 0.2) is 34.1 Å². The molecule has 1 aromatic rings. The Hall–Kier alpha value is -0.210. The Balaban J connectivity index is 2.94. The molecule has 0 unspecified atom stereocenters. The Kier molecular flexibility index (Phi) is 2.37. The maximum absolute atomic E-state index is 4.95. The van der Waals surface area contributed by atoms with Crippen molar-refractivity contribution in [1.82, 2.24) is 0 Å². The first-order valence-electron chi connectivity index (χ1n) is 2.64. The Morgan fingerprint density at radius 2 is 2.22 bits per heavy atom. The molecular weight excluding hydrogens is 148 g/mol. The van der Waals surface area contributed by atoms with Gasteiger partial charge < -0.3 is 0 Å². The van der Waals surface area contributed by atoms with Crippen molar-refractivity contribution in [1.29, 1.82) is 0 Å². The van der Waals surface area contributed by atoms with Crippen molar-refractivity contribution >= 4 is 24.4 Å². The zero-order valence-corrected chi connectivity index (χ0v) is 6.76. The summed E-state index contributed by atoms with van der Waals surface area (Å²) in [5.74, 6) is 0. The van der Waals surface area contributed by atoms with E-state index in [9.17, 15) is 0 Å². The lowest BCUT2D eigenvalue weighted by atomic mass is 10.4. The van der Waals surface area contributed by atoms with Gasteiger partial charge in [0, 0.05) is 9.79 Å². The summed E-state index contributed by atoms with van der Waals surface area (Å²) >= 11 is 6.67. The van der Waals surface area contributed by atoms with E-state index in [0.717, 1.165) is 4.90 Å². The van der Waals surface area contributed by atoms with Gasteiger partial charge in [0.05, 0.1) is 0 Å².